The maximum atomic E-state index is 11.7. The molecular formula is C18H15N3O2S. The van der Waals surface area contributed by atoms with E-state index in [9.17, 15) is 4.79 Å². The molecule has 2 aromatic carbocycles. The van der Waals surface area contributed by atoms with E-state index in [1.165, 1.54) is 5.56 Å². The number of nitrogens with one attached hydrogen (secondary N) is 1. The zero-order valence-corrected chi connectivity index (χ0v) is 14.1. The van der Waals surface area contributed by atoms with Crippen molar-refractivity contribution in [2.24, 2.45) is 0 Å². The fourth-order valence-electron chi connectivity index (χ4n) is 2.33. The van der Waals surface area contributed by atoms with Gasteiger partial charge in [-0.1, -0.05) is 6.07 Å². The lowest BCUT2D eigenvalue weighted by atomic mass is 10.1. The molecule has 0 aliphatic carbocycles. The maximum absolute atomic E-state index is 11.7. The largest absolute Gasteiger partial charge is 0.436 e. The first-order valence-electron chi connectivity index (χ1n) is 7.36. The Hall–Kier alpha value is -2.78. The summed E-state index contributed by atoms with van der Waals surface area (Å²) in [5, 5.41) is 13.1. The van der Waals surface area contributed by atoms with Gasteiger partial charge in [0.05, 0.1) is 5.75 Å². The minimum absolute atomic E-state index is 0.0994. The molecule has 0 radical (unpaired) electrons. The van der Waals surface area contributed by atoms with Crippen LogP contribution in [0.2, 0.25) is 0 Å². The first kappa shape index (κ1) is 16.1. The summed E-state index contributed by atoms with van der Waals surface area (Å²) in [6.45, 7) is 4.07. The van der Waals surface area contributed by atoms with Crippen molar-refractivity contribution in [2.75, 3.05) is 11.1 Å². The van der Waals surface area contributed by atoms with E-state index in [4.69, 9.17) is 9.68 Å². The van der Waals surface area contributed by atoms with Crippen LogP contribution in [-0.4, -0.2) is 16.6 Å². The molecule has 1 heterocycles. The van der Waals surface area contributed by atoms with E-state index in [-0.39, 0.29) is 11.7 Å². The number of carbonyl (C=O) groups excluding carboxylic acids is 1. The van der Waals surface area contributed by atoms with Gasteiger partial charge < -0.3 is 9.73 Å². The van der Waals surface area contributed by atoms with Crippen LogP contribution >= 0.6 is 11.8 Å². The maximum Gasteiger partial charge on any atom is 0.235 e. The van der Waals surface area contributed by atoms with Crippen LogP contribution in [0.15, 0.2) is 40.8 Å². The van der Waals surface area contributed by atoms with Gasteiger partial charge in [-0.05, 0) is 67.1 Å². The Morgan fingerprint density at radius 2 is 2.08 bits per heavy atom. The van der Waals surface area contributed by atoms with E-state index < -0.39 is 0 Å². The predicted octanol–water partition coefficient (Wildman–Crippen LogP) is 4.26. The Labute approximate surface area is 143 Å². The Kier molecular flexibility index (Phi) is 4.54. The lowest BCUT2D eigenvalue weighted by Gasteiger charge is -2.04. The number of aryl methyl sites for hydroxylation is 2. The number of hydrogen-bond donors (Lipinski definition) is 1. The van der Waals surface area contributed by atoms with Crippen molar-refractivity contribution in [2.45, 2.75) is 13.8 Å². The quantitative estimate of drug-likeness (QED) is 0.719. The topological polar surface area (TPSA) is 78.9 Å². The number of oxazole rings is 1. The average molecular weight is 337 g/mol. The van der Waals surface area contributed by atoms with Crippen molar-refractivity contribution in [3.63, 3.8) is 0 Å². The molecule has 0 aliphatic rings. The van der Waals surface area contributed by atoms with Gasteiger partial charge in [-0.2, -0.15) is 5.26 Å². The number of aromatic nitrogens is 1. The summed E-state index contributed by atoms with van der Waals surface area (Å²) in [4.78, 5) is 16.2. The van der Waals surface area contributed by atoms with Gasteiger partial charge in [-0.25, -0.2) is 4.98 Å². The monoisotopic (exact) mass is 337 g/mol. The molecular weight excluding hydrogens is 322 g/mol. The molecule has 6 heteroatoms. The van der Waals surface area contributed by atoms with Crippen LogP contribution in [0.25, 0.3) is 22.6 Å². The minimum atomic E-state index is -0.220. The SMILES string of the molecule is Cc1cc2nc(-c3cccc(NC(=O)CSC#N)c3)oc2cc1C. The first-order valence-corrected chi connectivity index (χ1v) is 8.34. The molecule has 0 saturated carbocycles. The molecule has 1 aromatic heterocycles. The van der Waals surface area contributed by atoms with Crippen molar-refractivity contribution in [1.82, 2.24) is 4.98 Å². The molecule has 120 valence electrons. The van der Waals surface area contributed by atoms with Crippen molar-refractivity contribution in [3.8, 4) is 16.9 Å². The first-order chi connectivity index (χ1) is 11.6. The van der Waals surface area contributed by atoms with Crippen LogP contribution in [0.4, 0.5) is 5.69 Å². The second kappa shape index (κ2) is 6.77. The fourth-order valence-corrected chi connectivity index (χ4v) is 2.60. The summed E-state index contributed by atoms with van der Waals surface area (Å²) < 4.78 is 5.84. The van der Waals surface area contributed by atoms with Crippen LogP contribution in [-0.2, 0) is 4.79 Å². The minimum Gasteiger partial charge on any atom is -0.436 e. The Balaban J connectivity index is 1.88. The van der Waals surface area contributed by atoms with Gasteiger partial charge >= 0.3 is 0 Å². The summed E-state index contributed by atoms with van der Waals surface area (Å²) in [6, 6.07) is 11.3. The average Bonchev–Trinajstić information content (AvgIpc) is 2.96. The highest BCUT2D eigenvalue weighted by Gasteiger charge is 2.11. The number of anilines is 1. The normalized spacial score (nSPS) is 10.5. The lowest BCUT2D eigenvalue weighted by molar-refractivity contribution is -0.113. The number of carbonyl (C=O) groups is 1. The number of thioether (sulfide) groups is 1. The number of nitriles is 1. The van der Waals surface area contributed by atoms with Crippen LogP contribution < -0.4 is 5.32 Å². The Morgan fingerprint density at radius 1 is 1.29 bits per heavy atom. The van der Waals surface area contributed by atoms with Crippen molar-refractivity contribution < 1.29 is 9.21 Å². The Morgan fingerprint density at radius 3 is 2.88 bits per heavy atom. The molecule has 0 fully saturated rings. The van der Waals surface area contributed by atoms with E-state index in [0.717, 1.165) is 34.0 Å². The van der Waals surface area contributed by atoms with Crippen molar-refractivity contribution in [3.05, 3.63) is 47.5 Å². The van der Waals surface area contributed by atoms with E-state index in [0.29, 0.717) is 11.6 Å². The van der Waals surface area contributed by atoms with E-state index in [1.807, 2.05) is 43.5 Å². The van der Waals surface area contributed by atoms with Gasteiger partial charge in [0, 0.05) is 11.3 Å². The van der Waals surface area contributed by atoms with Gasteiger partial charge in [0.25, 0.3) is 0 Å². The number of benzene rings is 2. The second-order valence-electron chi connectivity index (χ2n) is 5.43. The van der Waals surface area contributed by atoms with Gasteiger partial charge in [0.15, 0.2) is 5.58 Å². The van der Waals surface area contributed by atoms with Gasteiger partial charge in [0.2, 0.25) is 11.8 Å². The zero-order chi connectivity index (χ0) is 17.1. The number of rotatable bonds is 4. The number of nitrogens with zero attached hydrogens (tertiary/aromatic N) is 2. The molecule has 1 amide bonds. The number of hydrogen-bond acceptors (Lipinski definition) is 5. The van der Waals surface area contributed by atoms with Crippen LogP contribution in [0.5, 0.6) is 0 Å². The van der Waals surface area contributed by atoms with E-state index in [1.54, 1.807) is 12.1 Å². The Bertz CT molecular complexity index is 918. The molecule has 1 N–H and O–H groups in total. The zero-order valence-electron chi connectivity index (χ0n) is 13.3. The van der Waals surface area contributed by atoms with Crippen LogP contribution in [0.1, 0.15) is 11.1 Å². The van der Waals surface area contributed by atoms with Gasteiger partial charge in [-0.3, -0.25) is 4.79 Å². The van der Waals surface area contributed by atoms with Crippen molar-refractivity contribution >= 4 is 34.5 Å². The van der Waals surface area contributed by atoms with Crippen molar-refractivity contribution in [1.29, 1.82) is 5.26 Å². The van der Waals surface area contributed by atoms with Crippen LogP contribution in [0, 0.1) is 24.5 Å². The van der Waals surface area contributed by atoms with E-state index >= 15 is 0 Å². The molecule has 24 heavy (non-hydrogen) atoms. The molecule has 0 unspecified atom stereocenters. The number of amides is 1. The summed E-state index contributed by atoms with van der Waals surface area (Å²) in [7, 11) is 0. The predicted molar refractivity (Wildman–Crippen MR) is 95.6 cm³/mol. The molecule has 5 nitrogen and oxygen atoms in total. The standard InChI is InChI=1S/C18H15N3O2S/c1-11-6-15-16(7-12(11)2)23-18(21-15)13-4-3-5-14(8-13)20-17(22)9-24-10-19/h3-8H,9H2,1-2H3,(H,20,22). The molecule has 3 rings (SSSR count). The van der Waals surface area contributed by atoms with Crippen LogP contribution in [0.3, 0.4) is 0 Å². The highest BCUT2D eigenvalue weighted by atomic mass is 32.2. The van der Waals surface area contributed by atoms with E-state index in [2.05, 4.69) is 10.3 Å². The highest BCUT2D eigenvalue weighted by molar-refractivity contribution is 8.04. The molecule has 0 bridgehead atoms. The third kappa shape index (κ3) is 3.42. The summed E-state index contributed by atoms with van der Waals surface area (Å²) in [6.07, 6.45) is 0. The smallest absolute Gasteiger partial charge is 0.235 e. The van der Waals surface area contributed by atoms with Gasteiger partial charge in [-0.15, -0.1) is 0 Å². The third-order valence-corrected chi connectivity index (χ3v) is 4.20. The summed E-state index contributed by atoms with van der Waals surface area (Å²) >= 11 is 0.904. The number of fused-ring (bicyclic) bond motifs is 1. The molecule has 0 saturated heterocycles. The summed E-state index contributed by atoms with van der Waals surface area (Å²) in [5.74, 6) is 0.391. The molecule has 3 aromatic rings. The lowest BCUT2D eigenvalue weighted by Crippen LogP contribution is -2.13. The van der Waals surface area contributed by atoms with Gasteiger partial charge in [0.1, 0.15) is 10.9 Å². The summed E-state index contributed by atoms with van der Waals surface area (Å²) in [5.41, 5.74) is 5.30. The highest BCUT2D eigenvalue weighted by Crippen LogP contribution is 2.27. The third-order valence-electron chi connectivity index (χ3n) is 3.67. The second-order valence-corrected chi connectivity index (χ2v) is 6.19. The number of thiocyanates is 1. The molecule has 0 atom stereocenters. The molecule has 0 spiro atoms. The molecule has 0 aliphatic heterocycles. The fraction of sp³-hybridized carbons (Fsp3) is 0.167.